The van der Waals surface area contributed by atoms with Gasteiger partial charge in [0.15, 0.2) is 11.5 Å². The number of likely N-dealkylation sites (tertiary alicyclic amines) is 1. The van der Waals surface area contributed by atoms with Gasteiger partial charge in [-0.3, -0.25) is 9.69 Å². The van der Waals surface area contributed by atoms with Crippen LogP contribution in [0.3, 0.4) is 0 Å². The Morgan fingerprint density at radius 1 is 1.17 bits per heavy atom. The molecule has 6 nitrogen and oxygen atoms in total. The largest absolute Gasteiger partial charge is 0.468 e. The van der Waals surface area contributed by atoms with Gasteiger partial charge >= 0.3 is 0 Å². The molecule has 0 radical (unpaired) electrons. The van der Waals surface area contributed by atoms with Gasteiger partial charge in [-0.25, -0.2) is 0 Å². The Labute approximate surface area is 140 Å². The van der Waals surface area contributed by atoms with Crippen molar-refractivity contribution in [2.45, 2.75) is 18.9 Å². The van der Waals surface area contributed by atoms with Gasteiger partial charge < -0.3 is 19.2 Å². The van der Waals surface area contributed by atoms with Crippen molar-refractivity contribution in [2.24, 2.45) is 0 Å². The zero-order valence-electron chi connectivity index (χ0n) is 13.4. The molecule has 0 aliphatic carbocycles. The third-order valence-electron chi connectivity index (χ3n) is 4.54. The Bertz CT molecular complexity index is 708. The summed E-state index contributed by atoms with van der Waals surface area (Å²) in [5.74, 6) is 2.06. The number of hydrogen-bond acceptors (Lipinski definition) is 5. The predicted octanol–water partition coefficient (Wildman–Crippen LogP) is 2.58. The lowest BCUT2D eigenvalue weighted by Crippen LogP contribution is -2.36. The van der Waals surface area contributed by atoms with Gasteiger partial charge in [0.2, 0.25) is 6.79 Å². The summed E-state index contributed by atoms with van der Waals surface area (Å²) in [6, 6.07) is 9.16. The molecule has 4 rings (SSSR count). The zero-order valence-corrected chi connectivity index (χ0v) is 13.4. The highest BCUT2D eigenvalue weighted by Crippen LogP contribution is 2.32. The number of ether oxygens (including phenoxy) is 2. The Hall–Kier alpha value is -2.47. The summed E-state index contributed by atoms with van der Waals surface area (Å²) in [6.07, 6.45) is 4.05. The van der Waals surface area contributed by atoms with Gasteiger partial charge in [-0.05, 0) is 56.3 Å². The number of fused-ring (bicyclic) bond motifs is 1. The zero-order chi connectivity index (χ0) is 16.4. The van der Waals surface area contributed by atoms with Crippen molar-refractivity contribution in [1.29, 1.82) is 0 Å². The second-order valence-corrected chi connectivity index (χ2v) is 6.05. The Balaban J connectivity index is 1.44. The van der Waals surface area contributed by atoms with Gasteiger partial charge in [-0.15, -0.1) is 0 Å². The molecule has 6 heteroatoms. The van der Waals surface area contributed by atoms with Crippen molar-refractivity contribution >= 4 is 5.91 Å². The van der Waals surface area contributed by atoms with E-state index in [4.69, 9.17) is 13.9 Å². The maximum absolute atomic E-state index is 12.5. The third kappa shape index (κ3) is 2.97. The standard InChI is InChI=1S/C18H20N2O4/c21-18(13-5-6-16-17(10-13)24-12-23-16)19-11-14(15-4-3-9-22-15)20-7-1-2-8-20/h3-6,9-10,14H,1-2,7-8,11-12H2,(H,19,21)/t14-/m1/s1. The van der Waals surface area contributed by atoms with Gasteiger partial charge in [-0.2, -0.15) is 0 Å². The summed E-state index contributed by atoms with van der Waals surface area (Å²) >= 11 is 0. The first-order valence-electron chi connectivity index (χ1n) is 8.26. The van der Waals surface area contributed by atoms with Gasteiger partial charge in [0.05, 0.1) is 12.3 Å². The molecule has 1 amide bonds. The molecule has 2 aliphatic rings. The molecule has 2 aliphatic heterocycles. The second-order valence-electron chi connectivity index (χ2n) is 6.05. The lowest BCUT2D eigenvalue weighted by Gasteiger charge is -2.26. The van der Waals surface area contributed by atoms with Gasteiger partial charge in [0.25, 0.3) is 5.91 Å². The smallest absolute Gasteiger partial charge is 0.251 e. The monoisotopic (exact) mass is 328 g/mol. The number of rotatable bonds is 5. The normalized spacial score (nSPS) is 17.8. The number of carbonyl (C=O) groups is 1. The SMILES string of the molecule is O=C(NC[C@H](c1ccco1)N1CCCC1)c1ccc2c(c1)OCO2. The Morgan fingerprint density at radius 2 is 2.00 bits per heavy atom. The van der Waals surface area contributed by atoms with Crippen molar-refractivity contribution < 1.29 is 18.7 Å². The quantitative estimate of drug-likeness (QED) is 0.914. The van der Waals surface area contributed by atoms with E-state index in [0.29, 0.717) is 23.6 Å². The number of amides is 1. The maximum atomic E-state index is 12.5. The molecule has 0 spiro atoms. The highest BCUT2D eigenvalue weighted by molar-refractivity contribution is 5.94. The van der Waals surface area contributed by atoms with Crippen molar-refractivity contribution in [3.63, 3.8) is 0 Å². The van der Waals surface area contributed by atoms with Crippen LogP contribution >= 0.6 is 0 Å². The number of furan rings is 1. The van der Waals surface area contributed by atoms with Crippen LogP contribution < -0.4 is 14.8 Å². The Kier molecular flexibility index (Phi) is 4.13. The molecule has 126 valence electrons. The molecular formula is C18H20N2O4. The van der Waals surface area contributed by atoms with E-state index in [1.165, 1.54) is 12.8 Å². The summed E-state index contributed by atoms with van der Waals surface area (Å²) in [4.78, 5) is 14.8. The van der Waals surface area contributed by atoms with E-state index in [2.05, 4.69) is 10.2 Å². The fourth-order valence-corrected chi connectivity index (χ4v) is 3.27. The van der Waals surface area contributed by atoms with Crippen LogP contribution in [-0.2, 0) is 0 Å². The molecule has 1 atom stereocenters. The highest BCUT2D eigenvalue weighted by Gasteiger charge is 2.26. The van der Waals surface area contributed by atoms with Crippen LogP contribution in [0.25, 0.3) is 0 Å². The van der Waals surface area contributed by atoms with Crippen molar-refractivity contribution in [3.05, 3.63) is 47.9 Å². The summed E-state index contributed by atoms with van der Waals surface area (Å²) in [5.41, 5.74) is 0.568. The number of hydrogen-bond donors (Lipinski definition) is 1. The summed E-state index contributed by atoms with van der Waals surface area (Å²) < 4.78 is 16.2. The molecular weight excluding hydrogens is 308 g/mol. The van der Waals surface area contributed by atoms with E-state index in [-0.39, 0.29) is 18.7 Å². The average Bonchev–Trinajstić information content (AvgIpc) is 3.36. The van der Waals surface area contributed by atoms with Crippen molar-refractivity contribution in [1.82, 2.24) is 10.2 Å². The lowest BCUT2D eigenvalue weighted by molar-refractivity contribution is 0.0933. The van der Waals surface area contributed by atoms with Crippen LogP contribution in [-0.4, -0.2) is 37.2 Å². The first-order chi connectivity index (χ1) is 11.8. The summed E-state index contributed by atoms with van der Waals surface area (Å²) in [7, 11) is 0. The molecule has 0 bridgehead atoms. The minimum Gasteiger partial charge on any atom is -0.468 e. The molecule has 0 saturated carbocycles. The van der Waals surface area contributed by atoms with Gasteiger partial charge in [0, 0.05) is 12.1 Å². The number of nitrogens with zero attached hydrogens (tertiary/aromatic N) is 1. The lowest BCUT2D eigenvalue weighted by atomic mass is 10.1. The fourth-order valence-electron chi connectivity index (χ4n) is 3.27. The first-order valence-corrected chi connectivity index (χ1v) is 8.26. The number of nitrogens with one attached hydrogen (secondary N) is 1. The molecule has 3 heterocycles. The van der Waals surface area contributed by atoms with Gasteiger partial charge in [0.1, 0.15) is 5.76 Å². The fraction of sp³-hybridized carbons (Fsp3) is 0.389. The minimum absolute atomic E-state index is 0.0699. The van der Waals surface area contributed by atoms with Crippen LogP contribution in [0, 0.1) is 0 Å². The van der Waals surface area contributed by atoms with Crippen LogP contribution in [0.4, 0.5) is 0 Å². The van der Waals surface area contributed by atoms with Crippen LogP contribution in [0.1, 0.15) is 35.0 Å². The van der Waals surface area contributed by atoms with Crippen LogP contribution in [0.5, 0.6) is 11.5 Å². The molecule has 1 aromatic carbocycles. The first kappa shape index (κ1) is 15.1. The van der Waals surface area contributed by atoms with Crippen molar-refractivity contribution in [2.75, 3.05) is 26.4 Å². The predicted molar refractivity (Wildman–Crippen MR) is 87.2 cm³/mol. The van der Waals surface area contributed by atoms with E-state index < -0.39 is 0 Å². The van der Waals surface area contributed by atoms with Crippen LogP contribution in [0.15, 0.2) is 41.0 Å². The molecule has 2 aromatic rings. The van der Waals surface area contributed by atoms with Crippen molar-refractivity contribution in [3.8, 4) is 11.5 Å². The summed E-state index contributed by atoms with van der Waals surface area (Å²) in [5, 5.41) is 3.02. The molecule has 0 unspecified atom stereocenters. The van der Waals surface area contributed by atoms with E-state index >= 15 is 0 Å². The molecule has 24 heavy (non-hydrogen) atoms. The number of carbonyl (C=O) groups excluding carboxylic acids is 1. The van der Waals surface area contributed by atoms with E-state index in [0.717, 1.165) is 18.8 Å². The highest BCUT2D eigenvalue weighted by atomic mass is 16.7. The minimum atomic E-state index is -0.121. The molecule has 1 N–H and O–H groups in total. The van der Waals surface area contributed by atoms with E-state index in [1.807, 2.05) is 12.1 Å². The second kappa shape index (κ2) is 6.57. The van der Waals surface area contributed by atoms with E-state index in [1.54, 1.807) is 24.5 Å². The Morgan fingerprint density at radius 3 is 2.79 bits per heavy atom. The molecule has 1 fully saturated rings. The molecule has 1 aromatic heterocycles. The number of benzene rings is 1. The topological polar surface area (TPSA) is 63.9 Å². The maximum Gasteiger partial charge on any atom is 0.251 e. The third-order valence-corrected chi connectivity index (χ3v) is 4.54. The van der Waals surface area contributed by atoms with E-state index in [9.17, 15) is 4.79 Å². The average molecular weight is 328 g/mol. The van der Waals surface area contributed by atoms with Gasteiger partial charge in [-0.1, -0.05) is 0 Å². The molecule has 1 saturated heterocycles. The summed E-state index contributed by atoms with van der Waals surface area (Å²) in [6.45, 7) is 2.78. The van der Waals surface area contributed by atoms with Crippen LogP contribution in [0.2, 0.25) is 0 Å².